The Labute approximate surface area is 90.7 Å². The predicted octanol–water partition coefficient (Wildman–Crippen LogP) is 2.46. The summed E-state index contributed by atoms with van der Waals surface area (Å²) in [6.45, 7) is 0.400. The summed E-state index contributed by atoms with van der Waals surface area (Å²) in [5, 5.41) is 12.9. The Morgan fingerprint density at radius 2 is 2.14 bits per heavy atom. The molecule has 0 saturated carbocycles. The summed E-state index contributed by atoms with van der Waals surface area (Å²) in [4.78, 5) is 4.17. The van der Waals surface area contributed by atoms with E-state index in [1.54, 1.807) is 18.2 Å². The van der Waals surface area contributed by atoms with Crippen molar-refractivity contribution in [2.45, 2.75) is 0 Å². The maximum atomic E-state index is 8.77. The monoisotopic (exact) mass is 228 g/mol. The lowest BCUT2D eigenvalue weighted by molar-refractivity contribution is 0.320. The van der Waals surface area contributed by atoms with E-state index >= 15 is 0 Å². The smallest absolute Gasteiger partial charge is 0.147 e. The first-order chi connectivity index (χ1) is 6.72. The topological polar surface area (TPSA) is 45.0 Å². The molecule has 0 spiro atoms. The molecule has 14 heavy (non-hydrogen) atoms. The molecule has 5 heteroatoms. The lowest BCUT2D eigenvalue weighted by atomic mass is 9.98. The van der Waals surface area contributed by atoms with Gasteiger partial charge in [-0.1, -0.05) is 34.4 Å². The van der Waals surface area contributed by atoms with Gasteiger partial charge in [-0.2, -0.15) is 0 Å². The first-order valence-electron chi connectivity index (χ1n) is 3.93. The van der Waals surface area contributed by atoms with E-state index in [0.29, 0.717) is 28.0 Å². The molecule has 1 N–H and O–H groups in total. The van der Waals surface area contributed by atoms with E-state index < -0.39 is 0 Å². The van der Waals surface area contributed by atoms with Gasteiger partial charge in [0.2, 0.25) is 0 Å². The van der Waals surface area contributed by atoms with Gasteiger partial charge in [-0.05, 0) is 12.2 Å². The molecule has 0 aromatic carbocycles. The Morgan fingerprint density at radius 3 is 2.86 bits per heavy atom. The van der Waals surface area contributed by atoms with Crippen molar-refractivity contribution >= 4 is 34.6 Å². The fourth-order valence-corrected chi connectivity index (χ4v) is 1.68. The molecule has 1 aliphatic heterocycles. The van der Waals surface area contributed by atoms with Crippen molar-refractivity contribution in [3.05, 3.63) is 33.9 Å². The second-order valence-corrected chi connectivity index (χ2v) is 3.73. The van der Waals surface area contributed by atoms with Gasteiger partial charge >= 0.3 is 0 Å². The number of dihydropyridines is 1. The molecule has 2 rings (SSSR count). The summed E-state index contributed by atoms with van der Waals surface area (Å²) in [7, 11) is 0. The van der Waals surface area contributed by atoms with Crippen molar-refractivity contribution in [1.82, 2.24) is 0 Å². The van der Waals surface area contributed by atoms with Crippen LogP contribution in [0.1, 0.15) is 0 Å². The number of oxime groups is 1. The van der Waals surface area contributed by atoms with Crippen molar-refractivity contribution in [2.24, 2.45) is 10.1 Å². The molecule has 0 aromatic heterocycles. The zero-order chi connectivity index (χ0) is 10.1. The Hall–Kier alpha value is -1.06. The molecule has 2 aliphatic rings. The fourth-order valence-electron chi connectivity index (χ4n) is 1.32. The van der Waals surface area contributed by atoms with Gasteiger partial charge in [0.25, 0.3) is 0 Å². The zero-order valence-electron chi connectivity index (χ0n) is 7.04. The van der Waals surface area contributed by atoms with Crippen LogP contribution in [0.4, 0.5) is 0 Å². The third-order valence-corrected chi connectivity index (χ3v) is 2.47. The molecule has 0 unspecified atom stereocenters. The van der Waals surface area contributed by atoms with E-state index in [1.807, 2.05) is 0 Å². The minimum atomic E-state index is 0.296. The highest BCUT2D eigenvalue weighted by molar-refractivity contribution is 6.65. The molecule has 0 fully saturated rings. The van der Waals surface area contributed by atoms with Crippen LogP contribution in [-0.4, -0.2) is 23.2 Å². The number of fused-ring (bicyclic) bond motifs is 1. The number of halogens is 2. The number of rotatable bonds is 0. The van der Waals surface area contributed by atoms with Crippen LogP contribution in [0.2, 0.25) is 0 Å². The second-order valence-electron chi connectivity index (χ2n) is 2.84. The molecule has 1 heterocycles. The first-order valence-corrected chi connectivity index (χ1v) is 4.69. The van der Waals surface area contributed by atoms with Gasteiger partial charge in [0.05, 0.1) is 17.3 Å². The molecular formula is C9H6Cl2N2O. The number of hydrogen-bond acceptors (Lipinski definition) is 3. The molecule has 0 saturated heterocycles. The fraction of sp³-hybridized carbons (Fsp3) is 0.111. The average Bonchev–Trinajstić information content (AvgIpc) is 2.18. The van der Waals surface area contributed by atoms with Gasteiger partial charge in [-0.25, -0.2) is 0 Å². The van der Waals surface area contributed by atoms with E-state index in [9.17, 15) is 0 Å². The van der Waals surface area contributed by atoms with Gasteiger partial charge in [-0.15, -0.1) is 0 Å². The van der Waals surface area contributed by atoms with E-state index in [-0.39, 0.29) is 0 Å². The van der Waals surface area contributed by atoms with Gasteiger partial charge in [0.1, 0.15) is 5.71 Å². The number of nitrogens with zero attached hydrogens (tertiary/aromatic N) is 2. The first kappa shape index (κ1) is 9.49. The Morgan fingerprint density at radius 1 is 1.36 bits per heavy atom. The molecule has 3 nitrogen and oxygen atoms in total. The van der Waals surface area contributed by atoms with Crippen LogP contribution in [0.3, 0.4) is 0 Å². The number of hydrogen-bond donors (Lipinski definition) is 1. The lowest BCUT2D eigenvalue weighted by Crippen LogP contribution is -2.22. The van der Waals surface area contributed by atoms with Crippen molar-refractivity contribution in [2.75, 3.05) is 6.54 Å². The van der Waals surface area contributed by atoms with Crippen LogP contribution in [0.5, 0.6) is 0 Å². The van der Waals surface area contributed by atoms with Crippen LogP contribution < -0.4 is 0 Å². The SMILES string of the molecule is O/N=C1/C(Cl)=CC=C2C=C(Cl)CN=C21. The van der Waals surface area contributed by atoms with Crippen LogP contribution in [0.15, 0.2) is 44.0 Å². The Kier molecular flexibility index (Phi) is 2.44. The molecule has 0 radical (unpaired) electrons. The van der Waals surface area contributed by atoms with E-state index in [4.69, 9.17) is 28.4 Å². The maximum Gasteiger partial charge on any atom is 0.147 e. The van der Waals surface area contributed by atoms with E-state index in [0.717, 1.165) is 5.57 Å². The van der Waals surface area contributed by atoms with Gasteiger partial charge in [-0.3, -0.25) is 4.99 Å². The van der Waals surface area contributed by atoms with Crippen LogP contribution in [0.25, 0.3) is 0 Å². The van der Waals surface area contributed by atoms with Crippen LogP contribution >= 0.6 is 23.2 Å². The van der Waals surface area contributed by atoms with Crippen molar-refractivity contribution in [3.8, 4) is 0 Å². The van der Waals surface area contributed by atoms with Gasteiger partial charge in [0, 0.05) is 10.6 Å². The molecule has 0 aromatic rings. The summed E-state index contributed by atoms with van der Waals surface area (Å²) in [5.74, 6) is 0. The highest BCUT2D eigenvalue weighted by Crippen LogP contribution is 2.23. The minimum absolute atomic E-state index is 0.296. The van der Waals surface area contributed by atoms with Gasteiger partial charge < -0.3 is 5.21 Å². The molecule has 1 aliphatic carbocycles. The molecule has 72 valence electrons. The highest BCUT2D eigenvalue weighted by atomic mass is 35.5. The summed E-state index contributed by atoms with van der Waals surface area (Å²) < 4.78 is 0. The van der Waals surface area contributed by atoms with E-state index in [2.05, 4.69) is 10.1 Å². The molecule has 0 amide bonds. The summed E-state index contributed by atoms with van der Waals surface area (Å²) in [6, 6.07) is 0. The molecular weight excluding hydrogens is 223 g/mol. The third kappa shape index (κ3) is 1.49. The molecule has 0 bridgehead atoms. The zero-order valence-corrected chi connectivity index (χ0v) is 8.55. The predicted molar refractivity (Wildman–Crippen MR) is 57.5 cm³/mol. The average molecular weight is 229 g/mol. The summed E-state index contributed by atoms with van der Waals surface area (Å²) in [5.41, 5.74) is 1.70. The number of allylic oxidation sites excluding steroid dienone is 5. The largest absolute Gasteiger partial charge is 0.410 e. The minimum Gasteiger partial charge on any atom is -0.410 e. The number of aliphatic imine (C=N–C) groups is 1. The van der Waals surface area contributed by atoms with Crippen molar-refractivity contribution in [3.63, 3.8) is 0 Å². The van der Waals surface area contributed by atoms with Crippen LogP contribution in [0, 0.1) is 0 Å². The Bertz CT molecular complexity index is 430. The van der Waals surface area contributed by atoms with Gasteiger partial charge in [0.15, 0.2) is 0 Å². The summed E-state index contributed by atoms with van der Waals surface area (Å²) in [6.07, 6.45) is 5.23. The van der Waals surface area contributed by atoms with E-state index in [1.165, 1.54) is 0 Å². The van der Waals surface area contributed by atoms with Crippen LogP contribution in [-0.2, 0) is 0 Å². The lowest BCUT2D eigenvalue weighted by Gasteiger charge is -2.16. The molecule has 0 atom stereocenters. The highest BCUT2D eigenvalue weighted by Gasteiger charge is 2.22. The van der Waals surface area contributed by atoms with Crippen molar-refractivity contribution in [1.29, 1.82) is 0 Å². The van der Waals surface area contributed by atoms with Crippen molar-refractivity contribution < 1.29 is 5.21 Å². The maximum absolute atomic E-state index is 8.77. The standard InChI is InChI=1S/C9H6Cl2N2O/c10-6-3-5-1-2-7(11)9(13-14)8(5)12-4-6/h1-3,14H,4H2/b13-9-. The normalized spacial score (nSPS) is 23.4. The Balaban J connectivity index is 2.51. The summed E-state index contributed by atoms with van der Waals surface area (Å²) >= 11 is 11.7. The third-order valence-electron chi connectivity index (χ3n) is 1.93. The quantitative estimate of drug-likeness (QED) is 0.387. The second kappa shape index (κ2) is 3.59.